The fourth-order valence-corrected chi connectivity index (χ4v) is 3.17. The molecule has 0 spiro atoms. The summed E-state index contributed by atoms with van der Waals surface area (Å²) >= 11 is 6.24. The topological polar surface area (TPSA) is 34.0 Å². The van der Waals surface area contributed by atoms with Crippen LogP contribution in [0.5, 0.6) is 0 Å². The van der Waals surface area contributed by atoms with Gasteiger partial charge in [-0.2, -0.15) is 13.2 Å². The van der Waals surface area contributed by atoms with Crippen LogP contribution in [0.25, 0.3) is 10.9 Å². The summed E-state index contributed by atoms with van der Waals surface area (Å²) in [4.78, 5) is 12.6. The Labute approximate surface area is 147 Å². The van der Waals surface area contributed by atoms with E-state index in [9.17, 15) is 18.0 Å². The van der Waals surface area contributed by atoms with Gasteiger partial charge in [-0.15, -0.1) is 0 Å². The van der Waals surface area contributed by atoms with Gasteiger partial charge in [0, 0.05) is 18.0 Å². The van der Waals surface area contributed by atoms with Gasteiger partial charge in [-0.1, -0.05) is 60.1 Å². The van der Waals surface area contributed by atoms with Crippen LogP contribution in [0.4, 0.5) is 13.2 Å². The lowest BCUT2D eigenvalue weighted by atomic mass is 10.1. The molecule has 1 aromatic heterocycles. The minimum absolute atomic E-state index is 0.00644. The van der Waals surface area contributed by atoms with Crippen LogP contribution in [0.2, 0.25) is 5.02 Å². The molecular formula is C18H14ClF3N2O. The molecule has 1 unspecified atom stereocenters. The third-order valence-corrected chi connectivity index (χ3v) is 4.38. The van der Waals surface area contributed by atoms with Crippen molar-refractivity contribution in [1.82, 2.24) is 9.88 Å². The Kier molecular flexibility index (Phi) is 4.47. The van der Waals surface area contributed by atoms with Crippen molar-refractivity contribution in [2.24, 2.45) is 7.05 Å². The van der Waals surface area contributed by atoms with E-state index in [-0.39, 0.29) is 16.3 Å². The van der Waals surface area contributed by atoms with Gasteiger partial charge in [0.15, 0.2) is 6.04 Å². The predicted octanol–water partition coefficient (Wildman–Crippen LogP) is 4.87. The molecular weight excluding hydrogens is 353 g/mol. The van der Waals surface area contributed by atoms with Gasteiger partial charge in [-0.05, 0) is 11.6 Å². The van der Waals surface area contributed by atoms with Crippen LogP contribution < -0.4 is 5.32 Å². The molecule has 0 aliphatic heterocycles. The van der Waals surface area contributed by atoms with Gasteiger partial charge in [-0.3, -0.25) is 4.79 Å². The van der Waals surface area contributed by atoms with Crippen molar-refractivity contribution in [2.45, 2.75) is 12.2 Å². The maximum absolute atomic E-state index is 13.4. The van der Waals surface area contributed by atoms with Crippen LogP contribution in [0.1, 0.15) is 22.1 Å². The minimum atomic E-state index is -4.63. The van der Waals surface area contributed by atoms with Gasteiger partial charge in [0.05, 0.1) is 5.02 Å². The number of alkyl halides is 3. The van der Waals surface area contributed by atoms with Crippen molar-refractivity contribution in [2.75, 3.05) is 0 Å². The molecule has 0 radical (unpaired) electrons. The first-order valence-electron chi connectivity index (χ1n) is 7.46. The molecule has 1 amide bonds. The number of hydrogen-bond acceptors (Lipinski definition) is 1. The first-order valence-corrected chi connectivity index (χ1v) is 7.84. The standard InChI is InChI=1S/C18H14ClF3N2O/c1-24-13-10-6-5-9-12(13)14(19)15(24)17(25)23-16(18(20,21)22)11-7-3-2-4-8-11/h2-10,16H,1H3,(H,23,25). The first kappa shape index (κ1) is 17.4. The number of halogens is 4. The Morgan fingerprint density at radius 1 is 1.08 bits per heavy atom. The van der Waals surface area contributed by atoms with E-state index in [0.717, 1.165) is 0 Å². The summed E-state index contributed by atoms with van der Waals surface area (Å²) in [5.74, 6) is -0.880. The highest BCUT2D eigenvalue weighted by Gasteiger charge is 2.42. The van der Waals surface area contributed by atoms with Gasteiger partial charge in [0.2, 0.25) is 0 Å². The van der Waals surface area contributed by atoms with E-state index in [1.165, 1.54) is 28.8 Å². The van der Waals surface area contributed by atoms with E-state index in [2.05, 4.69) is 5.32 Å². The highest BCUT2D eigenvalue weighted by atomic mass is 35.5. The van der Waals surface area contributed by atoms with Crippen LogP contribution in [0, 0.1) is 0 Å². The fourth-order valence-electron chi connectivity index (χ4n) is 2.80. The van der Waals surface area contributed by atoms with Gasteiger partial charge in [0.1, 0.15) is 5.69 Å². The number of aryl methyl sites for hydroxylation is 1. The molecule has 3 rings (SSSR count). The molecule has 7 heteroatoms. The van der Waals surface area contributed by atoms with Crippen LogP contribution in [-0.2, 0) is 7.05 Å². The van der Waals surface area contributed by atoms with Crippen molar-refractivity contribution in [1.29, 1.82) is 0 Å². The lowest BCUT2D eigenvalue weighted by molar-refractivity contribution is -0.155. The average Bonchev–Trinajstić information content (AvgIpc) is 2.84. The summed E-state index contributed by atoms with van der Waals surface area (Å²) in [6.45, 7) is 0. The monoisotopic (exact) mass is 366 g/mol. The number of amides is 1. The molecule has 1 heterocycles. The number of carbonyl (C=O) groups excluding carboxylic acids is 1. The average molecular weight is 367 g/mol. The summed E-state index contributed by atoms with van der Waals surface area (Å²) in [6, 6.07) is 12.1. The molecule has 25 heavy (non-hydrogen) atoms. The smallest absolute Gasteiger partial charge is 0.338 e. The second kappa shape index (κ2) is 6.44. The number of aromatic nitrogens is 1. The summed E-state index contributed by atoms with van der Waals surface area (Å²) in [5.41, 5.74) is 0.618. The maximum atomic E-state index is 13.4. The van der Waals surface area contributed by atoms with Crippen LogP contribution in [0.3, 0.4) is 0 Å². The van der Waals surface area contributed by atoms with Crippen molar-refractivity contribution in [3.63, 3.8) is 0 Å². The highest BCUT2D eigenvalue weighted by Crippen LogP contribution is 2.34. The molecule has 0 aliphatic rings. The van der Waals surface area contributed by atoms with Crippen LogP contribution in [-0.4, -0.2) is 16.7 Å². The molecule has 3 aromatic rings. The minimum Gasteiger partial charge on any atom is -0.338 e. The number of fused-ring (bicyclic) bond motifs is 1. The van der Waals surface area contributed by atoms with Gasteiger partial charge >= 0.3 is 6.18 Å². The lowest BCUT2D eigenvalue weighted by Gasteiger charge is -2.22. The lowest BCUT2D eigenvalue weighted by Crippen LogP contribution is -2.38. The maximum Gasteiger partial charge on any atom is 0.412 e. The van der Waals surface area contributed by atoms with Gasteiger partial charge in [-0.25, -0.2) is 0 Å². The third kappa shape index (κ3) is 3.22. The molecule has 1 atom stereocenters. The molecule has 130 valence electrons. The zero-order valence-electron chi connectivity index (χ0n) is 13.1. The molecule has 0 saturated heterocycles. The number of rotatable bonds is 3. The highest BCUT2D eigenvalue weighted by molar-refractivity contribution is 6.38. The Balaban J connectivity index is 2.01. The fraction of sp³-hybridized carbons (Fsp3) is 0.167. The van der Waals surface area contributed by atoms with Crippen molar-refractivity contribution < 1.29 is 18.0 Å². The largest absolute Gasteiger partial charge is 0.412 e. The van der Waals surface area contributed by atoms with E-state index in [4.69, 9.17) is 11.6 Å². The molecule has 0 bridgehead atoms. The van der Waals surface area contributed by atoms with Crippen molar-refractivity contribution in [3.8, 4) is 0 Å². The van der Waals surface area contributed by atoms with E-state index >= 15 is 0 Å². The molecule has 0 fully saturated rings. The second-order valence-corrected chi connectivity index (χ2v) is 5.98. The summed E-state index contributed by atoms with van der Waals surface area (Å²) in [5, 5.41) is 2.80. The normalized spacial score (nSPS) is 13.0. The number of para-hydroxylation sites is 1. The molecule has 0 aliphatic carbocycles. The quantitative estimate of drug-likeness (QED) is 0.705. The zero-order chi connectivity index (χ0) is 18.2. The summed E-state index contributed by atoms with van der Waals surface area (Å²) < 4.78 is 41.8. The van der Waals surface area contributed by atoms with Gasteiger partial charge < -0.3 is 9.88 Å². The number of nitrogens with zero attached hydrogens (tertiary/aromatic N) is 1. The van der Waals surface area contributed by atoms with E-state index in [1.807, 2.05) is 0 Å². The predicted molar refractivity (Wildman–Crippen MR) is 90.6 cm³/mol. The number of hydrogen-bond donors (Lipinski definition) is 1. The SMILES string of the molecule is Cn1c(C(=O)NC(c2ccccc2)C(F)(F)F)c(Cl)c2ccccc21. The summed E-state index contributed by atoms with van der Waals surface area (Å²) in [7, 11) is 1.59. The first-order chi connectivity index (χ1) is 11.8. The third-order valence-electron chi connectivity index (χ3n) is 4.00. The van der Waals surface area contributed by atoms with Crippen molar-refractivity contribution in [3.05, 3.63) is 70.9 Å². The van der Waals surface area contributed by atoms with Gasteiger partial charge in [0.25, 0.3) is 5.91 Å². The second-order valence-electron chi connectivity index (χ2n) is 5.60. The number of benzene rings is 2. The van der Waals surface area contributed by atoms with Crippen LogP contribution >= 0.6 is 11.6 Å². The number of carbonyl (C=O) groups is 1. The molecule has 3 nitrogen and oxygen atoms in total. The molecule has 1 N–H and O–H groups in total. The van der Waals surface area contributed by atoms with E-state index < -0.39 is 18.1 Å². The molecule has 0 saturated carbocycles. The van der Waals surface area contributed by atoms with E-state index in [0.29, 0.717) is 10.9 Å². The Morgan fingerprint density at radius 2 is 1.68 bits per heavy atom. The summed E-state index contributed by atoms with van der Waals surface area (Å²) in [6.07, 6.45) is -4.63. The van der Waals surface area contributed by atoms with Crippen LogP contribution in [0.15, 0.2) is 54.6 Å². The zero-order valence-corrected chi connectivity index (χ0v) is 13.9. The van der Waals surface area contributed by atoms with Crippen molar-refractivity contribution >= 4 is 28.4 Å². The Hall–Kier alpha value is -2.47. The Morgan fingerprint density at radius 3 is 2.28 bits per heavy atom. The van der Waals surface area contributed by atoms with E-state index in [1.54, 1.807) is 37.4 Å². The number of nitrogens with one attached hydrogen (secondary N) is 1. The molecule has 2 aromatic carbocycles. The Bertz CT molecular complexity index is 880.